The molecule has 0 aliphatic carbocycles. The monoisotopic (exact) mass is 184 g/mol. The van der Waals surface area contributed by atoms with Crippen molar-refractivity contribution in [2.45, 2.75) is 6.92 Å². The second-order valence-electron chi connectivity index (χ2n) is 2.37. The Bertz CT molecular complexity index is 241. The van der Waals surface area contributed by atoms with Gasteiger partial charge in [0, 0.05) is 18.4 Å². The molecule has 0 aromatic carbocycles. The van der Waals surface area contributed by atoms with Gasteiger partial charge >= 0.3 is 0 Å². The Labute approximate surface area is 78.9 Å². The van der Waals surface area contributed by atoms with Crippen LogP contribution >= 0.6 is 12.4 Å². The van der Waals surface area contributed by atoms with Crippen LogP contribution in [-0.2, 0) is 0 Å². The highest BCUT2D eigenvalue weighted by atomic mass is 35.5. The van der Waals surface area contributed by atoms with Gasteiger partial charge in [-0.25, -0.2) is 0 Å². The highest BCUT2D eigenvalue weighted by molar-refractivity contribution is 5.85. The molecular weight excluding hydrogens is 172 g/mol. The molecule has 66 valence electrons. The highest BCUT2D eigenvalue weighted by Gasteiger charge is 1.85. The third-order valence-corrected chi connectivity index (χ3v) is 1.38. The van der Waals surface area contributed by atoms with Gasteiger partial charge in [-0.05, 0) is 18.6 Å². The van der Waals surface area contributed by atoms with Gasteiger partial charge in [-0.1, -0.05) is 18.2 Å². The molecule has 2 nitrogen and oxygen atoms in total. The smallest absolute Gasteiger partial charge is 0.0373 e. The number of nitrogens with zero attached hydrogens (tertiary/aromatic N) is 1. The van der Waals surface area contributed by atoms with E-state index in [1.165, 1.54) is 0 Å². The molecule has 0 atom stereocenters. The van der Waals surface area contributed by atoms with Crippen LogP contribution in [0, 0.1) is 6.92 Å². The molecule has 0 saturated heterocycles. The van der Waals surface area contributed by atoms with Crippen LogP contribution in [0.25, 0.3) is 6.08 Å². The average Bonchev–Trinajstić information content (AvgIpc) is 2.04. The number of nitrogens with two attached hydrogens (primary N) is 1. The maximum atomic E-state index is 5.30. The van der Waals surface area contributed by atoms with Gasteiger partial charge < -0.3 is 5.73 Å². The van der Waals surface area contributed by atoms with Crippen LogP contribution in [0.3, 0.4) is 0 Å². The van der Waals surface area contributed by atoms with Crippen molar-refractivity contribution in [3.05, 3.63) is 35.7 Å². The fourth-order valence-electron chi connectivity index (χ4n) is 0.782. The molecule has 3 heteroatoms. The third-order valence-electron chi connectivity index (χ3n) is 1.38. The molecule has 1 rings (SSSR count). The SMILES string of the molecule is Cc1ccc(/C=C/CN)cn1.Cl. The molecule has 0 radical (unpaired) electrons. The summed E-state index contributed by atoms with van der Waals surface area (Å²) in [6.07, 6.45) is 5.71. The summed E-state index contributed by atoms with van der Waals surface area (Å²) in [5.41, 5.74) is 7.43. The van der Waals surface area contributed by atoms with Crippen LogP contribution in [-0.4, -0.2) is 11.5 Å². The molecule has 0 unspecified atom stereocenters. The lowest BCUT2D eigenvalue weighted by molar-refractivity contribution is 1.19. The first-order chi connectivity index (χ1) is 5.33. The summed E-state index contributed by atoms with van der Waals surface area (Å²) in [4.78, 5) is 4.14. The van der Waals surface area contributed by atoms with Crippen molar-refractivity contribution in [3.63, 3.8) is 0 Å². The molecule has 0 bridgehead atoms. The van der Waals surface area contributed by atoms with Gasteiger partial charge in [-0.3, -0.25) is 4.98 Å². The van der Waals surface area contributed by atoms with Crippen molar-refractivity contribution >= 4 is 18.5 Å². The minimum absolute atomic E-state index is 0. The van der Waals surface area contributed by atoms with E-state index in [4.69, 9.17) is 5.73 Å². The first-order valence-electron chi connectivity index (χ1n) is 3.62. The summed E-state index contributed by atoms with van der Waals surface area (Å²) in [5, 5.41) is 0. The largest absolute Gasteiger partial charge is 0.327 e. The second kappa shape index (κ2) is 5.75. The van der Waals surface area contributed by atoms with Crippen LogP contribution in [0.2, 0.25) is 0 Å². The predicted octanol–water partition coefficient (Wildman–Crippen LogP) is 1.78. The van der Waals surface area contributed by atoms with Gasteiger partial charge in [0.15, 0.2) is 0 Å². The van der Waals surface area contributed by atoms with Gasteiger partial charge in [0.25, 0.3) is 0 Å². The van der Waals surface area contributed by atoms with Crippen LogP contribution in [0.4, 0.5) is 0 Å². The number of halogens is 1. The number of hydrogen-bond acceptors (Lipinski definition) is 2. The van der Waals surface area contributed by atoms with E-state index in [-0.39, 0.29) is 12.4 Å². The van der Waals surface area contributed by atoms with Gasteiger partial charge in [0.05, 0.1) is 0 Å². The van der Waals surface area contributed by atoms with Crippen LogP contribution in [0.1, 0.15) is 11.3 Å². The van der Waals surface area contributed by atoms with Crippen molar-refractivity contribution in [1.29, 1.82) is 0 Å². The summed E-state index contributed by atoms with van der Waals surface area (Å²) in [6, 6.07) is 4.00. The summed E-state index contributed by atoms with van der Waals surface area (Å²) < 4.78 is 0. The van der Waals surface area contributed by atoms with Crippen molar-refractivity contribution in [2.75, 3.05) is 6.54 Å². The van der Waals surface area contributed by atoms with Gasteiger partial charge in [-0.15, -0.1) is 12.4 Å². The van der Waals surface area contributed by atoms with E-state index in [2.05, 4.69) is 4.98 Å². The van der Waals surface area contributed by atoms with E-state index in [1.807, 2.05) is 37.4 Å². The van der Waals surface area contributed by atoms with Crippen molar-refractivity contribution < 1.29 is 0 Å². The number of aryl methyl sites for hydroxylation is 1. The third kappa shape index (κ3) is 3.51. The van der Waals surface area contributed by atoms with Crippen LogP contribution < -0.4 is 5.73 Å². The lowest BCUT2D eigenvalue weighted by Gasteiger charge is -1.92. The summed E-state index contributed by atoms with van der Waals surface area (Å²) in [5.74, 6) is 0. The van der Waals surface area contributed by atoms with Gasteiger partial charge in [0.2, 0.25) is 0 Å². The molecule has 0 saturated carbocycles. The predicted molar refractivity (Wildman–Crippen MR) is 54.3 cm³/mol. The second-order valence-corrected chi connectivity index (χ2v) is 2.37. The van der Waals surface area contributed by atoms with Gasteiger partial charge in [0.1, 0.15) is 0 Å². The molecule has 0 spiro atoms. The molecule has 12 heavy (non-hydrogen) atoms. The van der Waals surface area contributed by atoms with E-state index in [9.17, 15) is 0 Å². The van der Waals surface area contributed by atoms with E-state index in [1.54, 1.807) is 0 Å². The minimum atomic E-state index is 0. The topological polar surface area (TPSA) is 38.9 Å². The number of hydrogen-bond donors (Lipinski definition) is 1. The van der Waals surface area contributed by atoms with E-state index < -0.39 is 0 Å². The molecule has 1 aromatic rings. The first-order valence-corrected chi connectivity index (χ1v) is 3.62. The molecule has 1 aromatic heterocycles. The maximum Gasteiger partial charge on any atom is 0.0373 e. The normalized spacial score (nSPS) is 9.83. The fraction of sp³-hybridized carbons (Fsp3) is 0.222. The molecular formula is C9H13ClN2. The molecule has 0 aliphatic rings. The standard InChI is InChI=1S/C9H12N2.ClH/c1-8-4-5-9(7-11-8)3-2-6-10;/h2-5,7H,6,10H2,1H3;1H/b3-2+;. The summed E-state index contributed by atoms with van der Waals surface area (Å²) in [7, 11) is 0. The Morgan fingerprint density at radius 1 is 1.50 bits per heavy atom. The quantitative estimate of drug-likeness (QED) is 0.761. The number of rotatable bonds is 2. The highest BCUT2D eigenvalue weighted by Crippen LogP contribution is 2.00. The Hall–Kier alpha value is -0.860. The molecule has 2 N–H and O–H groups in total. The number of pyridine rings is 1. The molecule has 0 aliphatic heterocycles. The molecule has 0 fully saturated rings. The average molecular weight is 185 g/mol. The zero-order chi connectivity index (χ0) is 8.10. The zero-order valence-corrected chi connectivity index (χ0v) is 7.84. The Morgan fingerprint density at radius 2 is 2.25 bits per heavy atom. The summed E-state index contributed by atoms with van der Waals surface area (Å²) >= 11 is 0. The fourth-order valence-corrected chi connectivity index (χ4v) is 0.782. The Kier molecular flexibility index (Phi) is 5.34. The van der Waals surface area contributed by atoms with Crippen LogP contribution in [0.5, 0.6) is 0 Å². The van der Waals surface area contributed by atoms with E-state index in [0.29, 0.717) is 6.54 Å². The summed E-state index contributed by atoms with van der Waals surface area (Å²) in [6.45, 7) is 2.55. The first kappa shape index (κ1) is 11.1. The minimum Gasteiger partial charge on any atom is -0.327 e. The maximum absolute atomic E-state index is 5.30. The zero-order valence-electron chi connectivity index (χ0n) is 7.03. The van der Waals surface area contributed by atoms with Gasteiger partial charge in [-0.2, -0.15) is 0 Å². The lowest BCUT2D eigenvalue weighted by Crippen LogP contribution is -1.92. The van der Waals surface area contributed by atoms with E-state index in [0.717, 1.165) is 11.3 Å². The molecule has 0 amide bonds. The van der Waals surface area contributed by atoms with Crippen molar-refractivity contribution in [1.82, 2.24) is 4.98 Å². The van der Waals surface area contributed by atoms with Crippen LogP contribution in [0.15, 0.2) is 24.4 Å². The lowest BCUT2D eigenvalue weighted by atomic mass is 10.2. The number of aromatic nitrogens is 1. The molecule has 1 heterocycles. The van der Waals surface area contributed by atoms with E-state index >= 15 is 0 Å². The Balaban J connectivity index is 0.00000121. The van der Waals surface area contributed by atoms with Crippen molar-refractivity contribution in [2.24, 2.45) is 5.73 Å². The van der Waals surface area contributed by atoms with Crippen molar-refractivity contribution in [3.8, 4) is 0 Å². The Morgan fingerprint density at radius 3 is 2.75 bits per heavy atom.